The molecule has 0 aliphatic carbocycles. The number of piperidine rings is 1. The summed E-state index contributed by atoms with van der Waals surface area (Å²) < 4.78 is 5.15. The van der Waals surface area contributed by atoms with Crippen molar-refractivity contribution in [2.75, 3.05) is 13.1 Å². The number of nitrogens with one attached hydrogen (secondary N) is 1. The van der Waals surface area contributed by atoms with Gasteiger partial charge < -0.3 is 20.4 Å². The van der Waals surface area contributed by atoms with Crippen molar-refractivity contribution in [3.8, 4) is 0 Å². The fourth-order valence-corrected chi connectivity index (χ4v) is 3.09. The number of rotatable bonds is 5. The largest absolute Gasteiger partial charge is 0.459 e. The van der Waals surface area contributed by atoms with Crippen molar-refractivity contribution in [2.24, 2.45) is 5.73 Å². The fourth-order valence-electron chi connectivity index (χ4n) is 3.09. The number of benzene rings is 1. The second-order valence-corrected chi connectivity index (χ2v) is 6.33. The number of nitrogens with two attached hydrogens (primary N) is 1. The average molecular weight is 341 g/mol. The van der Waals surface area contributed by atoms with Crippen LogP contribution < -0.4 is 11.1 Å². The van der Waals surface area contributed by atoms with E-state index in [0.717, 1.165) is 18.4 Å². The molecule has 1 aliphatic heterocycles. The molecule has 132 valence electrons. The Bertz CT molecular complexity index is 692. The van der Waals surface area contributed by atoms with Crippen molar-refractivity contribution >= 4 is 11.8 Å². The highest BCUT2D eigenvalue weighted by Gasteiger charge is 2.26. The minimum Gasteiger partial charge on any atom is -0.459 e. The number of nitrogens with zero attached hydrogens (tertiary/aromatic N) is 1. The van der Waals surface area contributed by atoms with Gasteiger partial charge in [-0.05, 0) is 30.5 Å². The summed E-state index contributed by atoms with van der Waals surface area (Å²) in [5.41, 5.74) is 7.05. The first-order valence-electron chi connectivity index (χ1n) is 8.56. The van der Waals surface area contributed by atoms with Crippen LogP contribution in [0, 0.1) is 0 Å². The first-order chi connectivity index (χ1) is 12.1. The molecule has 0 spiro atoms. The lowest BCUT2D eigenvalue weighted by Gasteiger charge is -2.32. The smallest absolute Gasteiger partial charge is 0.289 e. The first-order valence-corrected chi connectivity index (χ1v) is 8.56. The minimum absolute atomic E-state index is 0.0489. The van der Waals surface area contributed by atoms with E-state index in [2.05, 4.69) is 5.32 Å². The van der Waals surface area contributed by atoms with Crippen LogP contribution in [0.15, 0.2) is 53.1 Å². The summed E-state index contributed by atoms with van der Waals surface area (Å²) in [5, 5.41) is 3.03. The summed E-state index contributed by atoms with van der Waals surface area (Å²) in [6.45, 7) is 1.21. The van der Waals surface area contributed by atoms with Gasteiger partial charge in [0.15, 0.2) is 5.76 Å². The topological polar surface area (TPSA) is 88.6 Å². The molecule has 1 saturated heterocycles. The van der Waals surface area contributed by atoms with Crippen LogP contribution in [0.25, 0.3) is 0 Å². The van der Waals surface area contributed by atoms with Gasteiger partial charge in [-0.25, -0.2) is 0 Å². The Labute approximate surface area is 147 Å². The van der Waals surface area contributed by atoms with Gasteiger partial charge in [0.2, 0.25) is 5.91 Å². The van der Waals surface area contributed by atoms with Crippen molar-refractivity contribution in [3.05, 3.63) is 60.1 Å². The standard InChI is InChI=1S/C19H23N3O3/c20-16(14-5-2-1-3-6-14)13-18(23)21-15-8-10-22(11-9-15)19(24)17-7-4-12-25-17/h1-7,12,15-16H,8-11,13,20H2,(H,21,23). The van der Waals surface area contributed by atoms with E-state index in [1.807, 2.05) is 30.3 Å². The summed E-state index contributed by atoms with van der Waals surface area (Å²) in [4.78, 5) is 26.2. The zero-order valence-electron chi connectivity index (χ0n) is 14.1. The summed E-state index contributed by atoms with van der Waals surface area (Å²) in [6, 6.07) is 12.8. The van der Waals surface area contributed by atoms with Gasteiger partial charge in [-0.15, -0.1) is 0 Å². The predicted octanol–water partition coefficient (Wildman–Crippen LogP) is 2.09. The Kier molecular flexibility index (Phi) is 5.50. The molecule has 3 rings (SSSR count). The SMILES string of the molecule is NC(CC(=O)NC1CCN(C(=O)c2ccco2)CC1)c1ccccc1. The quantitative estimate of drug-likeness (QED) is 0.871. The third-order valence-electron chi connectivity index (χ3n) is 4.51. The molecular formula is C19H23N3O3. The third kappa shape index (κ3) is 4.48. The van der Waals surface area contributed by atoms with Gasteiger partial charge in [-0.1, -0.05) is 30.3 Å². The van der Waals surface area contributed by atoms with Crippen LogP contribution in [-0.2, 0) is 4.79 Å². The molecule has 6 nitrogen and oxygen atoms in total. The lowest BCUT2D eigenvalue weighted by Crippen LogP contribution is -2.46. The Morgan fingerprint density at radius 2 is 1.88 bits per heavy atom. The molecule has 2 heterocycles. The van der Waals surface area contributed by atoms with E-state index < -0.39 is 0 Å². The van der Waals surface area contributed by atoms with Crippen LogP contribution in [0.2, 0.25) is 0 Å². The number of furan rings is 1. The van der Waals surface area contributed by atoms with E-state index in [0.29, 0.717) is 18.8 Å². The van der Waals surface area contributed by atoms with Gasteiger partial charge in [0.25, 0.3) is 5.91 Å². The molecule has 0 radical (unpaired) electrons. The maximum absolute atomic E-state index is 12.2. The normalized spacial score (nSPS) is 16.4. The molecule has 2 amide bonds. The van der Waals surface area contributed by atoms with Gasteiger partial charge in [-0.2, -0.15) is 0 Å². The van der Waals surface area contributed by atoms with Crippen molar-refractivity contribution < 1.29 is 14.0 Å². The van der Waals surface area contributed by atoms with Crippen LogP contribution in [0.4, 0.5) is 0 Å². The minimum atomic E-state index is -0.304. The number of hydrogen-bond donors (Lipinski definition) is 2. The number of carbonyl (C=O) groups is 2. The number of hydrogen-bond acceptors (Lipinski definition) is 4. The lowest BCUT2D eigenvalue weighted by atomic mass is 10.0. The summed E-state index contributed by atoms with van der Waals surface area (Å²) in [7, 11) is 0. The van der Waals surface area contributed by atoms with Crippen LogP contribution in [0.1, 0.15) is 41.4 Å². The fraction of sp³-hybridized carbons (Fsp3) is 0.368. The molecule has 6 heteroatoms. The zero-order valence-corrected chi connectivity index (χ0v) is 14.1. The predicted molar refractivity (Wildman–Crippen MR) is 93.8 cm³/mol. The molecule has 3 N–H and O–H groups in total. The first kappa shape index (κ1) is 17.2. The maximum atomic E-state index is 12.2. The molecule has 1 aliphatic rings. The van der Waals surface area contributed by atoms with Crippen LogP contribution in [0.3, 0.4) is 0 Å². The van der Waals surface area contributed by atoms with Gasteiger partial charge in [0.1, 0.15) is 0 Å². The van der Waals surface area contributed by atoms with Crippen LogP contribution in [-0.4, -0.2) is 35.8 Å². The molecule has 1 fully saturated rings. The molecule has 0 bridgehead atoms. The van der Waals surface area contributed by atoms with Crippen molar-refractivity contribution in [3.63, 3.8) is 0 Å². The zero-order chi connectivity index (χ0) is 17.6. The van der Waals surface area contributed by atoms with Crippen LogP contribution >= 0.6 is 0 Å². The Balaban J connectivity index is 1.44. The second-order valence-electron chi connectivity index (χ2n) is 6.33. The Morgan fingerprint density at radius 1 is 1.16 bits per heavy atom. The van der Waals surface area contributed by atoms with E-state index in [1.54, 1.807) is 17.0 Å². The summed E-state index contributed by atoms with van der Waals surface area (Å²) in [6.07, 6.45) is 3.23. The van der Waals surface area contributed by atoms with E-state index >= 15 is 0 Å². The van der Waals surface area contributed by atoms with Gasteiger partial charge in [0, 0.05) is 31.6 Å². The molecule has 1 atom stereocenters. The summed E-state index contributed by atoms with van der Waals surface area (Å²) in [5.74, 6) is 0.212. The molecule has 1 aromatic carbocycles. The molecule has 25 heavy (non-hydrogen) atoms. The number of carbonyl (C=O) groups excluding carboxylic acids is 2. The Hall–Kier alpha value is -2.60. The maximum Gasteiger partial charge on any atom is 0.289 e. The molecule has 0 saturated carbocycles. The van der Waals surface area contributed by atoms with Gasteiger partial charge in [0.05, 0.1) is 6.26 Å². The molecule has 2 aromatic rings. The van der Waals surface area contributed by atoms with Crippen LogP contribution in [0.5, 0.6) is 0 Å². The number of likely N-dealkylation sites (tertiary alicyclic amines) is 1. The Morgan fingerprint density at radius 3 is 2.52 bits per heavy atom. The molecule has 1 unspecified atom stereocenters. The van der Waals surface area contributed by atoms with Crippen molar-refractivity contribution in [2.45, 2.75) is 31.3 Å². The monoisotopic (exact) mass is 341 g/mol. The lowest BCUT2D eigenvalue weighted by molar-refractivity contribution is -0.122. The average Bonchev–Trinajstić information content (AvgIpc) is 3.17. The highest BCUT2D eigenvalue weighted by molar-refractivity contribution is 5.91. The molecule has 1 aromatic heterocycles. The van der Waals surface area contributed by atoms with Crippen molar-refractivity contribution in [1.29, 1.82) is 0 Å². The summed E-state index contributed by atoms with van der Waals surface area (Å²) >= 11 is 0. The van der Waals surface area contributed by atoms with Crippen molar-refractivity contribution in [1.82, 2.24) is 10.2 Å². The van der Waals surface area contributed by atoms with E-state index in [4.69, 9.17) is 10.2 Å². The second kappa shape index (κ2) is 7.98. The highest BCUT2D eigenvalue weighted by Crippen LogP contribution is 2.16. The number of amides is 2. The molecular weight excluding hydrogens is 318 g/mol. The third-order valence-corrected chi connectivity index (χ3v) is 4.51. The van der Waals surface area contributed by atoms with E-state index in [-0.39, 0.29) is 30.3 Å². The van der Waals surface area contributed by atoms with E-state index in [1.165, 1.54) is 6.26 Å². The highest BCUT2D eigenvalue weighted by atomic mass is 16.3. The van der Waals surface area contributed by atoms with E-state index in [9.17, 15) is 9.59 Å². The van der Waals surface area contributed by atoms with Gasteiger partial charge in [-0.3, -0.25) is 9.59 Å². The van der Waals surface area contributed by atoms with Gasteiger partial charge >= 0.3 is 0 Å².